The summed E-state index contributed by atoms with van der Waals surface area (Å²) in [6.45, 7) is 0. The largest absolute Gasteiger partial charge is 0.310 e. The number of nitrogens with zero attached hydrogens (tertiary/aromatic N) is 4. The van der Waals surface area contributed by atoms with E-state index in [0.29, 0.717) is 0 Å². The minimum atomic E-state index is 1.10. The average molecular weight is 1280 g/mol. The van der Waals surface area contributed by atoms with Gasteiger partial charge in [0.15, 0.2) is 0 Å². The van der Waals surface area contributed by atoms with Crippen LogP contribution in [0.4, 0.5) is 34.1 Å². The topological polar surface area (TPSA) is 16.3 Å². The van der Waals surface area contributed by atoms with Crippen LogP contribution >= 0.6 is 0 Å². The van der Waals surface area contributed by atoms with Crippen molar-refractivity contribution < 1.29 is 0 Å². The van der Waals surface area contributed by atoms with Crippen LogP contribution in [0.5, 0.6) is 0 Å². The van der Waals surface area contributed by atoms with Gasteiger partial charge in [-0.15, -0.1) is 0 Å². The molecule has 0 aliphatic carbocycles. The summed E-state index contributed by atoms with van der Waals surface area (Å²) in [6, 6.07) is 148. The maximum Gasteiger partial charge on any atom is 0.0541 e. The van der Waals surface area contributed by atoms with Crippen LogP contribution < -0.4 is 9.80 Å². The number of anilines is 6. The average Bonchev–Trinajstić information content (AvgIpc) is 1.58. The van der Waals surface area contributed by atoms with Crippen LogP contribution in [0.1, 0.15) is 0 Å². The van der Waals surface area contributed by atoms with Gasteiger partial charge in [0.1, 0.15) is 0 Å². The fraction of sp³-hybridized carbons (Fsp3) is 0. The maximum absolute atomic E-state index is 2.37. The molecule has 16 aromatic carbocycles. The fourth-order valence-corrected chi connectivity index (χ4v) is 14.4. The van der Waals surface area contributed by atoms with Crippen LogP contribution in [0, 0.1) is 0 Å². The zero-order valence-electron chi connectivity index (χ0n) is 55.0. The van der Waals surface area contributed by atoms with Gasteiger partial charge in [0, 0.05) is 66.9 Å². The van der Waals surface area contributed by atoms with Crippen molar-refractivity contribution in [2.24, 2.45) is 0 Å². The van der Waals surface area contributed by atoms with Crippen molar-refractivity contribution in [2.75, 3.05) is 9.80 Å². The van der Waals surface area contributed by atoms with Crippen LogP contribution in [-0.4, -0.2) is 9.13 Å². The highest BCUT2D eigenvalue weighted by Gasteiger charge is 2.20. The summed E-state index contributed by atoms with van der Waals surface area (Å²) in [4.78, 5) is 4.72. The molecular weight excluding hydrogens is 1210 g/mol. The minimum absolute atomic E-state index is 1.10. The lowest BCUT2D eigenvalue weighted by Crippen LogP contribution is -2.11. The van der Waals surface area contributed by atoms with Crippen molar-refractivity contribution >= 4 is 77.7 Å². The number of hydrogen-bond acceptors (Lipinski definition) is 2. The number of para-hydroxylation sites is 5. The predicted molar refractivity (Wildman–Crippen MR) is 424 cm³/mol. The van der Waals surface area contributed by atoms with Gasteiger partial charge >= 0.3 is 0 Å². The van der Waals surface area contributed by atoms with Gasteiger partial charge in [-0.3, -0.25) is 0 Å². The van der Waals surface area contributed by atoms with E-state index in [0.717, 1.165) is 45.5 Å². The lowest BCUT2D eigenvalue weighted by atomic mass is 10.0. The number of aromatic nitrogens is 2. The normalized spacial score (nSPS) is 11.2. The molecule has 2 heterocycles. The summed E-state index contributed by atoms with van der Waals surface area (Å²) in [5, 5.41) is 5.10. The van der Waals surface area contributed by atoms with E-state index in [9.17, 15) is 0 Å². The molecule has 0 saturated carbocycles. The summed E-state index contributed by atoms with van der Waals surface area (Å²) in [5.74, 6) is 0. The molecule has 0 atom stereocenters. The summed E-state index contributed by atoms with van der Waals surface area (Å²) in [6.07, 6.45) is 0. The highest BCUT2D eigenvalue weighted by atomic mass is 15.1. The molecule has 0 unspecified atom stereocenters. The van der Waals surface area contributed by atoms with Crippen LogP contribution in [0.25, 0.3) is 122 Å². The molecule has 18 aromatic rings. The molecule has 0 aliphatic rings. The zero-order valence-corrected chi connectivity index (χ0v) is 55.0. The van der Waals surface area contributed by atoms with E-state index in [2.05, 4.69) is 431 Å². The Kier molecular flexibility index (Phi) is 16.4. The van der Waals surface area contributed by atoms with E-state index in [-0.39, 0.29) is 0 Å². The zero-order chi connectivity index (χ0) is 66.6. The van der Waals surface area contributed by atoms with Gasteiger partial charge < -0.3 is 18.9 Å². The Morgan fingerprint density at radius 2 is 0.420 bits per heavy atom. The predicted octanol–water partition coefficient (Wildman–Crippen LogP) is 26.5. The quantitative estimate of drug-likeness (QED) is 0.108. The molecule has 0 N–H and O–H groups in total. The van der Waals surface area contributed by atoms with E-state index < -0.39 is 0 Å². The van der Waals surface area contributed by atoms with Gasteiger partial charge in [-0.1, -0.05) is 297 Å². The molecule has 0 saturated heterocycles. The molecule has 0 aliphatic heterocycles. The lowest BCUT2D eigenvalue weighted by Gasteiger charge is -2.28. The van der Waals surface area contributed by atoms with Gasteiger partial charge in [0.25, 0.3) is 0 Å². The number of fused-ring (bicyclic) bond motifs is 6. The Morgan fingerprint density at radius 3 is 0.780 bits per heavy atom. The molecule has 100 heavy (non-hydrogen) atoms. The van der Waals surface area contributed by atoms with Crippen molar-refractivity contribution in [1.82, 2.24) is 9.13 Å². The molecule has 0 amide bonds. The van der Waals surface area contributed by atoms with Crippen LogP contribution in [0.15, 0.2) is 413 Å². The van der Waals surface area contributed by atoms with Crippen molar-refractivity contribution in [3.05, 3.63) is 413 Å². The minimum Gasteiger partial charge on any atom is -0.310 e. The first-order valence-electron chi connectivity index (χ1n) is 34.2. The Balaban J connectivity index is 0.000000150. The second kappa shape index (κ2) is 27.1. The molecule has 0 radical (unpaired) electrons. The third-order valence-electron chi connectivity index (χ3n) is 19.2. The fourth-order valence-electron chi connectivity index (χ4n) is 14.4. The standard InChI is InChI=1S/2C48H34N2/c1-3-13-35(14-4-1)36-23-29-40(30-24-36)49(46-20-10-7-17-43(46)39-15-5-2-6-16-39)41-31-25-37(26-32-41)38-27-33-42(34-28-38)50-47-21-11-8-18-44(47)45-19-9-12-22-48(45)50;1-3-13-35(14-4-1)39-17-11-19-43(33-39)49(44-20-12-18-40(34-44)36-15-5-2-6-16-36)41-29-25-37(26-30-41)38-27-31-42(32-28-38)50-47-23-9-7-21-45(47)46-22-8-10-24-48(46)50/h2*1-34H. The van der Waals surface area contributed by atoms with Crippen LogP contribution in [0.2, 0.25) is 0 Å². The first-order valence-corrected chi connectivity index (χ1v) is 34.2. The van der Waals surface area contributed by atoms with E-state index in [1.54, 1.807) is 0 Å². The second-order valence-electron chi connectivity index (χ2n) is 25.2. The Hall–Kier alpha value is -13.3. The van der Waals surface area contributed by atoms with Crippen molar-refractivity contribution in [3.63, 3.8) is 0 Å². The van der Waals surface area contributed by atoms with Gasteiger partial charge in [-0.05, 0) is 176 Å². The Morgan fingerprint density at radius 1 is 0.160 bits per heavy atom. The molecule has 0 bridgehead atoms. The first-order chi connectivity index (χ1) is 49.6. The summed E-state index contributed by atoms with van der Waals surface area (Å²) in [5.41, 5.74) is 28.2. The highest BCUT2D eigenvalue weighted by molar-refractivity contribution is 6.10. The molecule has 2 aromatic heterocycles. The van der Waals surface area contributed by atoms with E-state index in [1.165, 1.54) is 110 Å². The summed E-state index contributed by atoms with van der Waals surface area (Å²) < 4.78 is 4.73. The molecule has 18 rings (SSSR count). The first kappa shape index (κ1) is 60.4. The van der Waals surface area contributed by atoms with Gasteiger partial charge in [-0.2, -0.15) is 0 Å². The van der Waals surface area contributed by atoms with Crippen molar-refractivity contribution in [3.8, 4) is 78.1 Å². The Labute approximate surface area is 583 Å². The van der Waals surface area contributed by atoms with E-state index >= 15 is 0 Å². The number of rotatable bonds is 14. The molecule has 472 valence electrons. The molecule has 0 fully saturated rings. The highest BCUT2D eigenvalue weighted by Crippen LogP contribution is 2.44. The lowest BCUT2D eigenvalue weighted by molar-refractivity contribution is 1.18. The number of benzene rings is 16. The third-order valence-corrected chi connectivity index (χ3v) is 19.2. The van der Waals surface area contributed by atoms with Crippen LogP contribution in [-0.2, 0) is 0 Å². The third kappa shape index (κ3) is 11.9. The monoisotopic (exact) mass is 1280 g/mol. The SMILES string of the molecule is c1ccc(-c2ccc(N(c3ccc(-c4ccc(-n5c6ccccc6c6ccccc65)cc4)cc3)c3ccccc3-c3ccccc3)cc2)cc1.c1ccc(-c2cccc(N(c3ccc(-c4ccc(-n5c6ccccc6c6ccccc65)cc4)cc3)c3cccc(-c4ccccc4)c3)c2)cc1. The summed E-state index contributed by atoms with van der Waals surface area (Å²) in [7, 11) is 0. The molecule has 0 spiro atoms. The van der Waals surface area contributed by atoms with Crippen molar-refractivity contribution in [2.45, 2.75) is 0 Å². The van der Waals surface area contributed by atoms with E-state index in [1.807, 2.05) is 0 Å². The van der Waals surface area contributed by atoms with Gasteiger partial charge in [0.2, 0.25) is 0 Å². The maximum atomic E-state index is 2.37. The molecule has 4 heteroatoms. The number of hydrogen-bond donors (Lipinski definition) is 0. The Bertz CT molecular complexity index is 5660. The molecular formula is C96H68N4. The second-order valence-corrected chi connectivity index (χ2v) is 25.2. The summed E-state index contributed by atoms with van der Waals surface area (Å²) >= 11 is 0. The van der Waals surface area contributed by atoms with Crippen molar-refractivity contribution in [1.29, 1.82) is 0 Å². The van der Waals surface area contributed by atoms with Gasteiger partial charge in [-0.25, -0.2) is 0 Å². The van der Waals surface area contributed by atoms with E-state index in [4.69, 9.17) is 0 Å². The molecule has 4 nitrogen and oxygen atoms in total. The van der Waals surface area contributed by atoms with Gasteiger partial charge in [0.05, 0.1) is 27.8 Å². The van der Waals surface area contributed by atoms with Crippen LogP contribution in [0.3, 0.4) is 0 Å². The smallest absolute Gasteiger partial charge is 0.0541 e.